The van der Waals surface area contributed by atoms with Crippen molar-refractivity contribution in [1.82, 2.24) is 0 Å². The van der Waals surface area contributed by atoms with E-state index in [4.69, 9.17) is 4.74 Å². The minimum absolute atomic E-state index is 0.205. The number of nitrogens with one attached hydrogen (secondary N) is 1. The standard InChI is InChI=1S/C16H21NO2/c1-2-19-14-7-5-13(6-8-14)17-16(18)15-10-11-3-4-12(15)9-11/h5-8,11-12,15H,2-4,9-10H2,1H3,(H,17,18)/t11-,12-,15-/m0/s1. The highest BCUT2D eigenvalue weighted by Gasteiger charge is 2.42. The van der Waals surface area contributed by atoms with E-state index in [0.29, 0.717) is 12.5 Å². The molecule has 1 N–H and O–H groups in total. The fourth-order valence-electron chi connectivity index (χ4n) is 3.60. The summed E-state index contributed by atoms with van der Waals surface area (Å²) in [5.74, 6) is 2.73. The molecule has 0 aromatic heterocycles. The highest BCUT2D eigenvalue weighted by molar-refractivity contribution is 5.93. The maximum absolute atomic E-state index is 12.3. The molecule has 1 amide bonds. The van der Waals surface area contributed by atoms with Gasteiger partial charge in [-0.25, -0.2) is 0 Å². The van der Waals surface area contributed by atoms with Crippen molar-refractivity contribution in [3.05, 3.63) is 24.3 Å². The van der Waals surface area contributed by atoms with Crippen LogP contribution in [0.3, 0.4) is 0 Å². The molecule has 1 aromatic rings. The van der Waals surface area contributed by atoms with Crippen molar-refractivity contribution in [2.24, 2.45) is 17.8 Å². The van der Waals surface area contributed by atoms with Crippen molar-refractivity contribution in [1.29, 1.82) is 0 Å². The van der Waals surface area contributed by atoms with Crippen molar-refractivity contribution >= 4 is 11.6 Å². The molecule has 3 nitrogen and oxygen atoms in total. The molecule has 0 unspecified atom stereocenters. The SMILES string of the molecule is CCOc1ccc(NC(=O)[C@H]2C[C@H]3CC[C@H]2C3)cc1. The molecule has 0 saturated heterocycles. The molecule has 2 bridgehead atoms. The van der Waals surface area contributed by atoms with Gasteiger partial charge in [-0.2, -0.15) is 0 Å². The predicted molar refractivity (Wildman–Crippen MR) is 75.2 cm³/mol. The van der Waals surface area contributed by atoms with E-state index in [1.807, 2.05) is 31.2 Å². The Kier molecular flexibility index (Phi) is 3.45. The number of anilines is 1. The van der Waals surface area contributed by atoms with Crippen LogP contribution >= 0.6 is 0 Å². The van der Waals surface area contributed by atoms with Crippen LogP contribution < -0.4 is 10.1 Å². The van der Waals surface area contributed by atoms with Crippen molar-refractivity contribution in [3.63, 3.8) is 0 Å². The molecule has 0 radical (unpaired) electrons. The predicted octanol–water partition coefficient (Wildman–Crippen LogP) is 3.46. The second-order valence-corrected chi connectivity index (χ2v) is 5.73. The summed E-state index contributed by atoms with van der Waals surface area (Å²) < 4.78 is 5.39. The van der Waals surface area contributed by atoms with Crippen molar-refractivity contribution < 1.29 is 9.53 Å². The summed E-state index contributed by atoms with van der Waals surface area (Å²) in [5.41, 5.74) is 0.872. The van der Waals surface area contributed by atoms with Crippen LogP contribution in [0.1, 0.15) is 32.6 Å². The summed E-state index contributed by atoms with van der Waals surface area (Å²) in [4.78, 5) is 12.3. The van der Waals surface area contributed by atoms with Gasteiger partial charge in [-0.1, -0.05) is 6.42 Å². The molecular formula is C16H21NO2. The normalized spacial score (nSPS) is 28.4. The quantitative estimate of drug-likeness (QED) is 0.899. The van der Waals surface area contributed by atoms with Crippen LogP contribution in [0.15, 0.2) is 24.3 Å². The minimum atomic E-state index is 0.205. The molecule has 3 heteroatoms. The molecule has 0 aliphatic heterocycles. The third-order valence-electron chi connectivity index (χ3n) is 4.51. The first kappa shape index (κ1) is 12.5. The van der Waals surface area contributed by atoms with E-state index in [2.05, 4.69) is 5.32 Å². The van der Waals surface area contributed by atoms with Crippen LogP contribution in [-0.2, 0) is 4.79 Å². The van der Waals surface area contributed by atoms with Crippen molar-refractivity contribution in [2.45, 2.75) is 32.6 Å². The largest absolute Gasteiger partial charge is 0.494 e. The van der Waals surface area contributed by atoms with Crippen LogP contribution in [-0.4, -0.2) is 12.5 Å². The Morgan fingerprint density at radius 2 is 2.05 bits per heavy atom. The lowest BCUT2D eigenvalue weighted by atomic mass is 9.88. The van der Waals surface area contributed by atoms with Crippen LogP contribution in [0.5, 0.6) is 5.75 Å². The molecule has 102 valence electrons. The maximum Gasteiger partial charge on any atom is 0.227 e. The lowest BCUT2D eigenvalue weighted by Crippen LogP contribution is -2.27. The number of carbonyl (C=O) groups is 1. The Balaban J connectivity index is 1.60. The number of benzene rings is 1. The summed E-state index contributed by atoms with van der Waals surface area (Å²) in [6.07, 6.45) is 4.93. The monoisotopic (exact) mass is 259 g/mol. The summed E-state index contributed by atoms with van der Waals surface area (Å²) in [6, 6.07) is 7.63. The molecular weight excluding hydrogens is 238 g/mol. The van der Waals surface area contributed by atoms with Gasteiger partial charge >= 0.3 is 0 Å². The van der Waals surface area contributed by atoms with Gasteiger partial charge in [0.1, 0.15) is 5.75 Å². The van der Waals surface area contributed by atoms with E-state index in [1.165, 1.54) is 19.3 Å². The fourth-order valence-corrected chi connectivity index (χ4v) is 3.60. The topological polar surface area (TPSA) is 38.3 Å². The van der Waals surface area contributed by atoms with E-state index in [1.54, 1.807) is 0 Å². The molecule has 1 aromatic carbocycles. The average molecular weight is 259 g/mol. The molecule has 19 heavy (non-hydrogen) atoms. The molecule has 3 rings (SSSR count). The van der Waals surface area contributed by atoms with Crippen LogP contribution in [0.2, 0.25) is 0 Å². The Labute approximate surface area is 114 Å². The molecule has 2 aliphatic carbocycles. The van der Waals surface area contributed by atoms with Crippen LogP contribution in [0, 0.1) is 17.8 Å². The van der Waals surface area contributed by atoms with Crippen LogP contribution in [0.4, 0.5) is 5.69 Å². The Morgan fingerprint density at radius 3 is 2.63 bits per heavy atom. The van der Waals surface area contributed by atoms with E-state index < -0.39 is 0 Å². The number of ether oxygens (including phenoxy) is 1. The fraction of sp³-hybridized carbons (Fsp3) is 0.562. The lowest BCUT2D eigenvalue weighted by Gasteiger charge is -2.20. The molecule has 2 fully saturated rings. The van der Waals surface area contributed by atoms with E-state index in [-0.39, 0.29) is 11.8 Å². The highest BCUT2D eigenvalue weighted by Crippen LogP contribution is 2.48. The van der Waals surface area contributed by atoms with Gasteiger partial charge < -0.3 is 10.1 Å². The van der Waals surface area contributed by atoms with Crippen molar-refractivity contribution in [3.8, 4) is 5.75 Å². The number of rotatable bonds is 4. The number of hydrogen-bond donors (Lipinski definition) is 1. The zero-order valence-corrected chi connectivity index (χ0v) is 11.4. The molecule has 2 aliphatic rings. The molecule has 3 atom stereocenters. The maximum atomic E-state index is 12.3. The Morgan fingerprint density at radius 1 is 1.26 bits per heavy atom. The van der Waals surface area contributed by atoms with Gasteiger partial charge in [-0.05, 0) is 62.3 Å². The van der Waals surface area contributed by atoms with E-state index in [0.717, 1.165) is 23.8 Å². The molecule has 0 spiro atoms. The third-order valence-corrected chi connectivity index (χ3v) is 4.51. The van der Waals surface area contributed by atoms with Crippen LogP contribution in [0.25, 0.3) is 0 Å². The zero-order chi connectivity index (χ0) is 13.2. The first-order valence-electron chi connectivity index (χ1n) is 7.30. The lowest BCUT2D eigenvalue weighted by molar-refractivity contribution is -0.121. The number of hydrogen-bond acceptors (Lipinski definition) is 2. The third kappa shape index (κ3) is 2.60. The Bertz CT molecular complexity index is 454. The highest BCUT2D eigenvalue weighted by atomic mass is 16.5. The van der Waals surface area contributed by atoms with Crippen molar-refractivity contribution in [2.75, 3.05) is 11.9 Å². The summed E-state index contributed by atoms with van der Waals surface area (Å²) in [5, 5.41) is 3.04. The van der Waals surface area contributed by atoms with E-state index in [9.17, 15) is 4.79 Å². The number of fused-ring (bicyclic) bond motifs is 2. The molecule has 2 saturated carbocycles. The smallest absolute Gasteiger partial charge is 0.227 e. The zero-order valence-electron chi connectivity index (χ0n) is 11.4. The van der Waals surface area contributed by atoms with Gasteiger partial charge in [0.15, 0.2) is 0 Å². The average Bonchev–Trinajstić information content (AvgIpc) is 3.04. The summed E-state index contributed by atoms with van der Waals surface area (Å²) in [7, 11) is 0. The molecule has 0 heterocycles. The van der Waals surface area contributed by atoms with Gasteiger partial charge in [-0.3, -0.25) is 4.79 Å². The van der Waals surface area contributed by atoms with Gasteiger partial charge in [0.25, 0.3) is 0 Å². The van der Waals surface area contributed by atoms with Gasteiger partial charge in [0.05, 0.1) is 6.61 Å². The van der Waals surface area contributed by atoms with Gasteiger partial charge in [0.2, 0.25) is 5.91 Å². The minimum Gasteiger partial charge on any atom is -0.494 e. The summed E-state index contributed by atoms with van der Waals surface area (Å²) in [6.45, 7) is 2.63. The first-order chi connectivity index (χ1) is 9.26. The summed E-state index contributed by atoms with van der Waals surface area (Å²) >= 11 is 0. The second kappa shape index (κ2) is 5.24. The number of carbonyl (C=O) groups excluding carboxylic acids is 1. The van der Waals surface area contributed by atoms with E-state index >= 15 is 0 Å². The number of amides is 1. The van der Waals surface area contributed by atoms with Gasteiger partial charge in [-0.15, -0.1) is 0 Å². The first-order valence-corrected chi connectivity index (χ1v) is 7.30. The van der Waals surface area contributed by atoms with Gasteiger partial charge in [0, 0.05) is 11.6 Å². The second-order valence-electron chi connectivity index (χ2n) is 5.73. The Hall–Kier alpha value is -1.51.